The molecule has 0 unspecified atom stereocenters. The molecule has 8 nitrogen and oxygen atoms in total. The van der Waals surface area contributed by atoms with Crippen molar-refractivity contribution in [1.29, 1.82) is 0 Å². The van der Waals surface area contributed by atoms with Gasteiger partial charge in [-0.3, -0.25) is 9.59 Å². The molecule has 0 saturated carbocycles. The molecule has 2 amide bonds. The van der Waals surface area contributed by atoms with E-state index in [9.17, 15) is 18.0 Å². The molecular formula is C23H25N3O5S. The summed E-state index contributed by atoms with van der Waals surface area (Å²) < 4.78 is 34.0. The first-order valence-corrected chi connectivity index (χ1v) is 12.2. The maximum Gasteiger partial charge on any atom is 0.262 e. The van der Waals surface area contributed by atoms with Crippen molar-refractivity contribution in [3.63, 3.8) is 0 Å². The molecule has 1 N–H and O–H groups in total. The highest BCUT2D eigenvalue weighted by Crippen LogP contribution is 2.36. The number of ether oxygens (including phenoxy) is 1. The quantitative estimate of drug-likeness (QED) is 0.764. The lowest BCUT2D eigenvalue weighted by Gasteiger charge is -2.33. The second-order valence-electron chi connectivity index (χ2n) is 8.50. The van der Waals surface area contributed by atoms with Gasteiger partial charge in [-0.1, -0.05) is 24.3 Å². The maximum absolute atomic E-state index is 13.6. The van der Waals surface area contributed by atoms with Gasteiger partial charge in [0.25, 0.3) is 5.91 Å². The van der Waals surface area contributed by atoms with Crippen LogP contribution in [0.3, 0.4) is 0 Å². The van der Waals surface area contributed by atoms with Gasteiger partial charge in [0.15, 0.2) is 6.61 Å². The van der Waals surface area contributed by atoms with Crippen LogP contribution >= 0.6 is 0 Å². The van der Waals surface area contributed by atoms with Crippen molar-refractivity contribution in [1.82, 2.24) is 9.21 Å². The number of benzene rings is 2. The van der Waals surface area contributed by atoms with Gasteiger partial charge >= 0.3 is 0 Å². The van der Waals surface area contributed by atoms with Gasteiger partial charge in [-0.15, -0.1) is 0 Å². The van der Waals surface area contributed by atoms with Gasteiger partial charge in [0.1, 0.15) is 11.8 Å². The molecule has 3 heterocycles. The van der Waals surface area contributed by atoms with Crippen LogP contribution in [0.1, 0.15) is 29.5 Å². The molecule has 2 aromatic rings. The summed E-state index contributed by atoms with van der Waals surface area (Å²) in [5.41, 5.74) is 3.31. The molecular weight excluding hydrogens is 430 g/mol. The number of nitrogens with one attached hydrogen (secondary N) is 1. The van der Waals surface area contributed by atoms with Crippen LogP contribution < -0.4 is 10.1 Å². The normalized spacial score (nSPS) is 20.8. The monoisotopic (exact) mass is 455 g/mol. The highest BCUT2D eigenvalue weighted by Gasteiger charge is 2.42. The van der Waals surface area contributed by atoms with E-state index >= 15 is 0 Å². The molecule has 0 spiro atoms. The van der Waals surface area contributed by atoms with Crippen molar-refractivity contribution >= 4 is 27.5 Å². The standard InChI is InChI=1S/C23H25N3O5S/c1-15-11-18-20(31-14-22(27)24-18)12-21(15)32(29,30)26-9-4-7-19(26)23(28)25-10-8-16-5-2-3-6-17(16)13-25/h2-3,5-6,11-12,19H,4,7-10,13-14H2,1H3,(H,24,27)/t19-/m1/s1. The van der Waals surface area contributed by atoms with Gasteiger partial charge in [0, 0.05) is 25.7 Å². The molecule has 9 heteroatoms. The number of aryl methyl sites for hydroxylation is 1. The zero-order valence-electron chi connectivity index (χ0n) is 17.8. The predicted octanol–water partition coefficient (Wildman–Crippen LogP) is 2.06. The Morgan fingerprint density at radius 3 is 2.75 bits per heavy atom. The summed E-state index contributed by atoms with van der Waals surface area (Å²) in [6, 6.07) is 10.4. The number of amides is 2. The Morgan fingerprint density at radius 2 is 1.94 bits per heavy atom. The van der Waals surface area contributed by atoms with Gasteiger partial charge < -0.3 is 15.0 Å². The third kappa shape index (κ3) is 3.55. The van der Waals surface area contributed by atoms with Crippen molar-refractivity contribution in [2.45, 2.75) is 43.7 Å². The molecule has 1 fully saturated rings. The minimum atomic E-state index is -3.92. The van der Waals surface area contributed by atoms with E-state index in [0.717, 1.165) is 12.0 Å². The molecule has 0 bridgehead atoms. The molecule has 3 aliphatic heterocycles. The molecule has 1 atom stereocenters. The maximum atomic E-state index is 13.6. The van der Waals surface area contributed by atoms with Gasteiger partial charge in [0.2, 0.25) is 15.9 Å². The van der Waals surface area contributed by atoms with Crippen molar-refractivity contribution in [3.05, 3.63) is 53.1 Å². The smallest absolute Gasteiger partial charge is 0.262 e. The Kier molecular flexibility index (Phi) is 5.17. The average Bonchev–Trinajstić information content (AvgIpc) is 3.28. The summed E-state index contributed by atoms with van der Waals surface area (Å²) in [7, 11) is -3.92. The third-order valence-electron chi connectivity index (χ3n) is 6.43. The molecule has 3 aliphatic rings. The number of hydrogen-bond acceptors (Lipinski definition) is 5. The Morgan fingerprint density at radius 1 is 1.16 bits per heavy atom. The number of carbonyl (C=O) groups is 2. The first-order valence-electron chi connectivity index (χ1n) is 10.8. The molecule has 2 aromatic carbocycles. The van der Waals surface area contributed by atoms with Gasteiger partial charge in [-0.05, 0) is 48.9 Å². The third-order valence-corrected chi connectivity index (χ3v) is 8.48. The van der Waals surface area contributed by atoms with E-state index in [1.165, 1.54) is 15.9 Å². The molecule has 0 aliphatic carbocycles. The van der Waals surface area contributed by atoms with Gasteiger partial charge in [-0.25, -0.2) is 8.42 Å². The molecule has 0 aromatic heterocycles. The summed E-state index contributed by atoms with van der Waals surface area (Å²) in [6.45, 7) is 2.92. The summed E-state index contributed by atoms with van der Waals surface area (Å²) in [5, 5.41) is 2.69. The fourth-order valence-corrected chi connectivity index (χ4v) is 6.66. The van der Waals surface area contributed by atoms with E-state index in [4.69, 9.17) is 4.74 Å². The van der Waals surface area contributed by atoms with Crippen LogP contribution in [0.15, 0.2) is 41.3 Å². The highest BCUT2D eigenvalue weighted by atomic mass is 32.2. The second-order valence-corrected chi connectivity index (χ2v) is 10.4. The van der Waals surface area contributed by atoms with E-state index in [1.807, 2.05) is 18.2 Å². The SMILES string of the molecule is Cc1cc2c(cc1S(=O)(=O)N1CCC[C@@H]1C(=O)N1CCc3ccccc3C1)OCC(=O)N2. The Balaban J connectivity index is 1.42. The fourth-order valence-electron chi connectivity index (χ4n) is 4.79. The van der Waals surface area contributed by atoms with Crippen LogP contribution in [-0.2, 0) is 32.6 Å². The fraction of sp³-hybridized carbons (Fsp3) is 0.391. The van der Waals surface area contributed by atoms with Crippen molar-refractivity contribution in [3.8, 4) is 5.75 Å². The number of carbonyl (C=O) groups excluding carboxylic acids is 2. The lowest BCUT2D eigenvalue weighted by Crippen LogP contribution is -2.49. The Labute approximate surface area is 187 Å². The van der Waals surface area contributed by atoms with E-state index in [-0.39, 0.29) is 23.3 Å². The zero-order valence-corrected chi connectivity index (χ0v) is 18.7. The van der Waals surface area contributed by atoms with Gasteiger partial charge in [-0.2, -0.15) is 4.31 Å². The van der Waals surface area contributed by atoms with E-state index < -0.39 is 16.1 Å². The first-order chi connectivity index (χ1) is 15.3. The average molecular weight is 456 g/mol. The summed E-state index contributed by atoms with van der Waals surface area (Å²) in [6.07, 6.45) is 1.91. The lowest BCUT2D eigenvalue weighted by atomic mass is 9.99. The number of hydrogen-bond donors (Lipinski definition) is 1. The minimum Gasteiger partial charge on any atom is -0.482 e. The number of sulfonamides is 1. The van der Waals surface area contributed by atoms with Crippen LogP contribution in [0.2, 0.25) is 0 Å². The summed E-state index contributed by atoms with van der Waals surface area (Å²) in [5.74, 6) is -0.0935. The topological polar surface area (TPSA) is 96.0 Å². The van der Waals surface area contributed by atoms with Crippen molar-refractivity contribution in [2.75, 3.05) is 25.0 Å². The number of rotatable bonds is 3. The van der Waals surface area contributed by atoms with Crippen LogP contribution in [0.5, 0.6) is 5.75 Å². The first kappa shape index (κ1) is 21.0. The molecule has 168 valence electrons. The number of nitrogens with zero attached hydrogens (tertiary/aromatic N) is 2. The van der Waals surface area contributed by atoms with Crippen LogP contribution in [-0.4, -0.2) is 55.2 Å². The van der Waals surface area contributed by atoms with Gasteiger partial charge in [0.05, 0.1) is 10.6 Å². The largest absolute Gasteiger partial charge is 0.482 e. The van der Waals surface area contributed by atoms with E-state index in [1.54, 1.807) is 17.9 Å². The number of anilines is 1. The van der Waals surface area contributed by atoms with E-state index in [0.29, 0.717) is 49.5 Å². The molecule has 5 rings (SSSR count). The Hall–Kier alpha value is -2.91. The summed E-state index contributed by atoms with van der Waals surface area (Å²) in [4.78, 5) is 26.9. The van der Waals surface area contributed by atoms with Crippen LogP contribution in [0, 0.1) is 6.92 Å². The number of fused-ring (bicyclic) bond motifs is 2. The lowest BCUT2D eigenvalue weighted by molar-refractivity contribution is -0.135. The molecule has 32 heavy (non-hydrogen) atoms. The molecule has 0 radical (unpaired) electrons. The molecule has 1 saturated heterocycles. The summed E-state index contributed by atoms with van der Waals surface area (Å²) >= 11 is 0. The van der Waals surface area contributed by atoms with Crippen LogP contribution in [0.4, 0.5) is 5.69 Å². The van der Waals surface area contributed by atoms with Crippen molar-refractivity contribution in [2.24, 2.45) is 0 Å². The minimum absolute atomic E-state index is 0.107. The highest BCUT2D eigenvalue weighted by molar-refractivity contribution is 7.89. The second kappa shape index (κ2) is 7.90. The Bertz CT molecular complexity index is 1210. The van der Waals surface area contributed by atoms with Crippen LogP contribution in [0.25, 0.3) is 0 Å². The zero-order chi connectivity index (χ0) is 22.5. The van der Waals surface area contributed by atoms with E-state index in [2.05, 4.69) is 11.4 Å². The predicted molar refractivity (Wildman–Crippen MR) is 118 cm³/mol. The van der Waals surface area contributed by atoms with Crippen molar-refractivity contribution < 1.29 is 22.7 Å².